The highest BCUT2D eigenvalue weighted by atomic mass is 32.1. The monoisotopic (exact) mass is 317 g/mol. The minimum absolute atomic E-state index is 0.525. The zero-order valence-corrected chi connectivity index (χ0v) is 14.1. The second-order valence-corrected chi connectivity index (χ2v) is 6.43. The Morgan fingerprint density at radius 2 is 2.05 bits per heavy atom. The van der Waals surface area contributed by atoms with E-state index in [1.807, 2.05) is 48.0 Å². The average molecular weight is 317 g/mol. The highest BCUT2D eigenvalue weighted by molar-refractivity contribution is 7.08. The van der Waals surface area contributed by atoms with Crippen LogP contribution >= 0.6 is 11.3 Å². The highest BCUT2D eigenvalue weighted by Gasteiger charge is 2.22. The first-order valence-electron chi connectivity index (χ1n) is 7.28. The molecule has 0 amide bonds. The van der Waals surface area contributed by atoms with Crippen LogP contribution in [0, 0.1) is 0 Å². The summed E-state index contributed by atoms with van der Waals surface area (Å²) in [7, 11) is 1.67. The number of rotatable bonds is 7. The highest BCUT2D eigenvalue weighted by Crippen LogP contribution is 2.22. The molecule has 3 nitrogen and oxygen atoms in total. The van der Waals surface area contributed by atoms with Crippen LogP contribution in [0.15, 0.2) is 46.7 Å². The van der Waals surface area contributed by atoms with Crippen LogP contribution in [-0.2, 0) is 5.60 Å². The van der Waals surface area contributed by atoms with Crippen molar-refractivity contribution in [3.63, 3.8) is 0 Å². The van der Waals surface area contributed by atoms with Gasteiger partial charge in [-0.1, -0.05) is 23.8 Å². The van der Waals surface area contributed by atoms with Gasteiger partial charge in [-0.3, -0.25) is 0 Å². The summed E-state index contributed by atoms with van der Waals surface area (Å²) in [6, 6.07) is 9.93. The second-order valence-electron chi connectivity index (χ2n) is 5.65. The summed E-state index contributed by atoms with van der Waals surface area (Å²) >= 11 is 1.60. The van der Waals surface area contributed by atoms with E-state index in [0.717, 1.165) is 23.4 Å². The van der Waals surface area contributed by atoms with E-state index in [-0.39, 0.29) is 0 Å². The summed E-state index contributed by atoms with van der Waals surface area (Å²) < 4.78 is 5.15. The molecule has 0 saturated heterocycles. The van der Waals surface area contributed by atoms with Gasteiger partial charge >= 0.3 is 0 Å². The Labute approximate surface area is 136 Å². The van der Waals surface area contributed by atoms with Crippen molar-refractivity contribution in [1.82, 2.24) is 5.32 Å². The van der Waals surface area contributed by atoms with Gasteiger partial charge in [0.15, 0.2) is 0 Å². The molecule has 1 unspecified atom stereocenters. The molecule has 1 aromatic heterocycles. The summed E-state index contributed by atoms with van der Waals surface area (Å²) in [5.41, 5.74) is 2.48. The van der Waals surface area contributed by atoms with Crippen molar-refractivity contribution in [2.45, 2.75) is 19.4 Å². The zero-order chi connectivity index (χ0) is 16.0. The van der Waals surface area contributed by atoms with Gasteiger partial charge in [-0.05, 0) is 53.9 Å². The third-order valence-electron chi connectivity index (χ3n) is 3.55. The van der Waals surface area contributed by atoms with Gasteiger partial charge < -0.3 is 15.2 Å². The number of hydrogen-bond acceptors (Lipinski definition) is 4. The van der Waals surface area contributed by atoms with Crippen molar-refractivity contribution in [1.29, 1.82) is 0 Å². The summed E-state index contributed by atoms with van der Waals surface area (Å²) in [5.74, 6) is 0.861. The lowest BCUT2D eigenvalue weighted by Gasteiger charge is -2.23. The maximum atomic E-state index is 10.4. The van der Waals surface area contributed by atoms with Crippen LogP contribution in [-0.4, -0.2) is 25.3 Å². The van der Waals surface area contributed by atoms with Crippen LogP contribution in [0.4, 0.5) is 0 Å². The number of methoxy groups -OCH3 is 1. The van der Waals surface area contributed by atoms with Crippen LogP contribution in [0.3, 0.4) is 0 Å². The lowest BCUT2D eigenvalue weighted by Crippen LogP contribution is -2.35. The minimum atomic E-state index is -0.833. The van der Waals surface area contributed by atoms with E-state index in [0.29, 0.717) is 6.54 Å². The van der Waals surface area contributed by atoms with Crippen LogP contribution in [0.25, 0.3) is 6.08 Å². The van der Waals surface area contributed by atoms with Gasteiger partial charge in [0.05, 0.1) is 12.7 Å². The van der Waals surface area contributed by atoms with Crippen molar-refractivity contribution in [2.24, 2.45) is 0 Å². The van der Waals surface area contributed by atoms with E-state index in [2.05, 4.69) is 18.3 Å². The van der Waals surface area contributed by atoms with Crippen molar-refractivity contribution >= 4 is 17.4 Å². The fourth-order valence-electron chi connectivity index (χ4n) is 2.21. The Balaban J connectivity index is 1.86. The van der Waals surface area contributed by atoms with E-state index in [1.54, 1.807) is 18.4 Å². The van der Waals surface area contributed by atoms with Gasteiger partial charge in [-0.15, -0.1) is 0 Å². The van der Waals surface area contributed by atoms with Crippen molar-refractivity contribution in [3.05, 3.63) is 57.8 Å². The molecule has 22 heavy (non-hydrogen) atoms. The van der Waals surface area contributed by atoms with E-state index in [1.165, 1.54) is 5.57 Å². The lowest BCUT2D eigenvalue weighted by molar-refractivity contribution is 0.0584. The quantitative estimate of drug-likeness (QED) is 0.819. The van der Waals surface area contributed by atoms with Crippen LogP contribution in [0.5, 0.6) is 5.75 Å². The average Bonchev–Trinajstić information content (AvgIpc) is 3.03. The smallest absolute Gasteiger partial charge is 0.118 e. The Bertz CT molecular complexity index is 601. The summed E-state index contributed by atoms with van der Waals surface area (Å²) in [5, 5.41) is 17.7. The first kappa shape index (κ1) is 16.7. The molecule has 1 atom stereocenters. The first-order chi connectivity index (χ1) is 10.5. The van der Waals surface area contributed by atoms with Crippen molar-refractivity contribution < 1.29 is 9.84 Å². The molecule has 0 radical (unpaired) electrons. The molecule has 0 aliphatic rings. The van der Waals surface area contributed by atoms with Crippen molar-refractivity contribution in [3.8, 4) is 5.75 Å². The molecule has 0 saturated carbocycles. The Morgan fingerprint density at radius 3 is 2.64 bits per heavy atom. The number of thiophene rings is 1. The van der Waals surface area contributed by atoms with Gasteiger partial charge in [0.2, 0.25) is 0 Å². The molecule has 1 aromatic carbocycles. The Hall–Kier alpha value is -1.62. The van der Waals surface area contributed by atoms with Gasteiger partial charge in [0.1, 0.15) is 5.75 Å². The fourth-order valence-corrected chi connectivity index (χ4v) is 2.99. The van der Waals surface area contributed by atoms with Gasteiger partial charge in [0.25, 0.3) is 0 Å². The molecule has 2 rings (SSSR count). The predicted octanol–water partition coefficient (Wildman–Crippen LogP) is 3.66. The molecule has 4 heteroatoms. The number of hydrogen-bond donors (Lipinski definition) is 2. The maximum Gasteiger partial charge on any atom is 0.118 e. The van der Waals surface area contributed by atoms with E-state index in [9.17, 15) is 5.11 Å². The molecular formula is C18H23NO2S. The Kier molecular flexibility index (Phi) is 5.77. The molecule has 2 aromatic rings. The zero-order valence-electron chi connectivity index (χ0n) is 13.3. The molecule has 0 fully saturated rings. The molecule has 0 aliphatic heterocycles. The standard InChI is InChI=1S/C18H23NO2S/c1-14(10-15-4-6-17(21-3)7-5-15)11-19-13-18(2,20)16-8-9-22-12-16/h4-10,12,19-20H,11,13H2,1-3H3/b14-10-. The van der Waals surface area contributed by atoms with Gasteiger partial charge in [-0.25, -0.2) is 0 Å². The van der Waals surface area contributed by atoms with Crippen LogP contribution < -0.4 is 10.1 Å². The van der Waals surface area contributed by atoms with Gasteiger partial charge in [-0.2, -0.15) is 11.3 Å². The predicted molar refractivity (Wildman–Crippen MR) is 93.4 cm³/mol. The molecule has 1 heterocycles. The van der Waals surface area contributed by atoms with Gasteiger partial charge in [0, 0.05) is 13.1 Å². The van der Waals surface area contributed by atoms with E-state index < -0.39 is 5.60 Å². The fraction of sp³-hybridized carbons (Fsp3) is 0.333. The largest absolute Gasteiger partial charge is 0.497 e. The second kappa shape index (κ2) is 7.58. The van der Waals surface area contributed by atoms with Crippen molar-refractivity contribution in [2.75, 3.05) is 20.2 Å². The number of ether oxygens (including phenoxy) is 1. The topological polar surface area (TPSA) is 41.5 Å². The molecule has 118 valence electrons. The normalized spacial score (nSPS) is 14.6. The third-order valence-corrected chi connectivity index (χ3v) is 4.23. The van der Waals surface area contributed by atoms with E-state index in [4.69, 9.17) is 4.74 Å². The summed E-state index contributed by atoms with van der Waals surface area (Å²) in [6.45, 7) is 5.19. The first-order valence-corrected chi connectivity index (χ1v) is 8.22. The molecular weight excluding hydrogens is 294 g/mol. The molecule has 0 bridgehead atoms. The summed E-state index contributed by atoms with van der Waals surface area (Å²) in [6.07, 6.45) is 2.13. The SMILES string of the molecule is COc1ccc(/C=C(/C)CNCC(C)(O)c2ccsc2)cc1. The number of benzene rings is 1. The molecule has 0 aliphatic carbocycles. The van der Waals surface area contributed by atoms with Crippen LogP contribution in [0.2, 0.25) is 0 Å². The van der Waals surface area contributed by atoms with E-state index >= 15 is 0 Å². The Morgan fingerprint density at radius 1 is 1.32 bits per heavy atom. The summed E-state index contributed by atoms with van der Waals surface area (Å²) in [4.78, 5) is 0. The number of aliphatic hydroxyl groups is 1. The molecule has 2 N–H and O–H groups in total. The maximum absolute atomic E-state index is 10.4. The minimum Gasteiger partial charge on any atom is -0.497 e. The van der Waals surface area contributed by atoms with Crippen LogP contribution in [0.1, 0.15) is 25.0 Å². The number of nitrogens with one attached hydrogen (secondary N) is 1. The third kappa shape index (κ3) is 4.70. The molecule has 0 spiro atoms. The lowest BCUT2D eigenvalue weighted by atomic mass is 9.99.